The lowest BCUT2D eigenvalue weighted by Crippen LogP contribution is -2.11. The smallest absolute Gasteiger partial charge is 0.164 e. The number of rotatable bonds is 3. The Hall–Kier alpha value is -2.35. The van der Waals surface area contributed by atoms with Gasteiger partial charge < -0.3 is 10.0 Å². The van der Waals surface area contributed by atoms with E-state index < -0.39 is 17.1 Å². The highest BCUT2D eigenvalue weighted by molar-refractivity contribution is 5.92. The molecular formula is C12H11FN2O2. The summed E-state index contributed by atoms with van der Waals surface area (Å²) in [7, 11) is 3.41. The number of hydrogen-bond acceptors (Lipinski definition) is 4. The number of carbonyl (C=O) groups excluding carboxylic acids is 1. The SMILES string of the molecule is CN(C)c1ccc(F)cc1/C(O)=C(/C#N)C=O. The lowest BCUT2D eigenvalue weighted by Gasteiger charge is -2.17. The van der Waals surface area contributed by atoms with Crippen molar-refractivity contribution in [2.24, 2.45) is 0 Å². The summed E-state index contributed by atoms with van der Waals surface area (Å²) < 4.78 is 13.1. The van der Waals surface area contributed by atoms with Crippen molar-refractivity contribution in [1.29, 1.82) is 5.26 Å². The topological polar surface area (TPSA) is 64.3 Å². The van der Waals surface area contributed by atoms with Crippen LogP contribution in [0.15, 0.2) is 23.8 Å². The highest BCUT2D eigenvalue weighted by Gasteiger charge is 2.14. The van der Waals surface area contributed by atoms with Crippen molar-refractivity contribution in [3.05, 3.63) is 35.2 Å². The molecule has 0 bridgehead atoms. The summed E-state index contributed by atoms with van der Waals surface area (Å²) in [5.41, 5.74) is 0.191. The van der Waals surface area contributed by atoms with Crippen LogP contribution in [0, 0.1) is 17.1 Å². The molecule has 0 unspecified atom stereocenters. The number of halogens is 1. The van der Waals surface area contributed by atoms with Crippen LogP contribution in [0.1, 0.15) is 5.56 Å². The second-order valence-corrected chi connectivity index (χ2v) is 3.55. The van der Waals surface area contributed by atoms with Crippen LogP contribution in [0.5, 0.6) is 0 Å². The molecule has 0 saturated heterocycles. The standard InChI is InChI=1S/C12H11FN2O2/c1-15(2)11-4-3-9(13)5-10(11)12(17)8(6-14)7-16/h3-5,7,17H,1-2H3/b12-8+. The number of aldehydes is 1. The second kappa shape index (κ2) is 5.12. The van der Waals surface area contributed by atoms with Gasteiger partial charge in [-0.05, 0) is 18.2 Å². The molecule has 88 valence electrons. The lowest BCUT2D eigenvalue weighted by atomic mass is 10.1. The van der Waals surface area contributed by atoms with E-state index in [1.807, 2.05) is 0 Å². The third-order valence-electron chi connectivity index (χ3n) is 2.19. The van der Waals surface area contributed by atoms with Gasteiger partial charge in [-0.25, -0.2) is 4.39 Å². The highest BCUT2D eigenvalue weighted by Crippen LogP contribution is 2.26. The van der Waals surface area contributed by atoms with Crippen LogP contribution in [0.4, 0.5) is 10.1 Å². The van der Waals surface area contributed by atoms with Gasteiger partial charge in [0.05, 0.1) is 0 Å². The lowest BCUT2D eigenvalue weighted by molar-refractivity contribution is -0.104. The maximum absolute atomic E-state index is 13.1. The molecule has 0 aromatic heterocycles. The van der Waals surface area contributed by atoms with Gasteiger partial charge in [0.2, 0.25) is 0 Å². The van der Waals surface area contributed by atoms with Crippen molar-refractivity contribution in [2.45, 2.75) is 0 Å². The van der Waals surface area contributed by atoms with Crippen molar-refractivity contribution in [2.75, 3.05) is 19.0 Å². The molecule has 1 aromatic rings. The number of nitrogens with zero attached hydrogens (tertiary/aromatic N) is 2. The van der Waals surface area contributed by atoms with E-state index in [4.69, 9.17) is 5.26 Å². The van der Waals surface area contributed by atoms with Gasteiger partial charge in [0.15, 0.2) is 6.29 Å². The van der Waals surface area contributed by atoms with Crippen molar-refractivity contribution in [3.8, 4) is 6.07 Å². The first-order valence-electron chi connectivity index (χ1n) is 4.77. The van der Waals surface area contributed by atoms with E-state index in [2.05, 4.69) is 0 Å². The fraction of sp³-hybridized carbons (Fsp3) is 0.167. The van der Waals surface area contributed by atoms with Crippen molar-refractivity contribution >= 4 is 17.7 Å². The van der Waals surface area contributed by atoms with Gasteiger partial charge in [-0.3, -0.25) is 4.79 Å². The Morgan fingerprint density at radius 1 is 1.53 bits per heavy atom. The summed E-state index contributed by atoms with van der Waals surface area (Å²) in [5.74, 6) is -1.08. The molecule has 0 radical (unpaired) electrons. The predicted molar refractivity (Wildman–Crippen MR) is 62.0 cm³/mol. The second-order valence-electron chi connectivity index (χ2n) is 3.55. The molecule has 4 nitrogen and oxygen atoms in total. The minimum atomic E-state index is -0.555. The van der Waals surface area contributed by atoms with Gasteiger partial charge in [0.25, 0.3) is 0 Å². The van der Waals surface area contributed by atoms with Crippen LogP contribution in [0.25, 0.3) is 5.76 Å². The van der Waals surface area contributed by atoms with Gasteiger partial charge in [0.1, 0.15) is 23.2 Å². The number of anilines is 1. The Labute approximate surface area is 98.2 Å². The summed E-state index contributed by atoms with van der Waals surface area (Å²) in [6.45, 7) is 0. The average Bonchev–Trinajstić information content (AvgIpc) is 2.29. The Kier molecular flexibility index (Phi) is 3.83. The van der Waals surface area contributed by atoms with Gasteiger partial charge in [-0.15, -0.1) is 0 Å². The maximum Gasteiger partial charge on any atom is 0.164 e. The van der Waals surface area contributed by atoms with E-state index >= 15 is 0 Å². The Bertz CT molecular complexity index is 516. The maximum atomic E-state index is 13.1. The normalized spacial score (nSPS) is 11.4. The predicted octanol–water partition coefficient (Wildman–Crippen LogP) is 1.88. The molecule has 1 aromatic carbocycles. The van der Waals surface area contributed by atoms with E-state index in [1.54, 1.807) is 25.1 Å². The number of aliphatic hydroxyl groups is 1. The Balaban J connectivity index is 3.50. The molecule has 5 heteroatoms. The third kappa shape index (κ3) is 2.61. The Morgan fingerprint density at radius 2 is 2.18 bits per heavy atom. The van der Waals surface area contributed by atoms with Crippen molar-refractivity contribution < 1.29 is 14.3 Å². The number of hydrogen-bond donors (Lipinski definition) is 1. The van der Waals surface area contributed by atoms with Crippen LogP contribution in [-0.2, 0) is 4.79 Å². The van der Waals surface area contributed by atoms with E-state index in [0.717, 1.165) is 6.07 Å². The van der Waals surface area contributed by atoms with E-state index in [9.17, 15) is 14.3 Å². The first-order chi connectivity index (χ1) is 8.01. The number of aliphatic hydroxyl groups excluding tert-OH is 1. The largest absolute Gasteiger partial charge is 0.506 e. The Morgan fingerprint density at radius 3 is 2.65 bits per heavy atom. The molecular weight excluding hydrogens is 223 g/mol. The number of allylic oxidation sites excluding steroid dienone is 1. The summed E-state index contributed by atoms with van der Waals surface area (Å²) in [5, 5.41) is 18.4. The van der Waals surface area contributed by atoms with E-state index in [0.29, 0.717) is 5.69 Å². The van der Waals surface area contributed by atoms with Crippen molar-refractivity contribution in [3.63, 3.8) is 0 Å². The first kappa shape index (κ1) is 12.7. The molecule has 17 heavy (non-hydrogen) atoms. The van der Waals surface area contributed by atoms with Crippen molar-refractivity contribution in [1.82, 2.24) is 0 Å². The molecule has 0 fully saturated rings. The minimum absolute atomic E-state index is 0.110. The summed E-state index contributed by atoms with van der Waals surface area (Å²) in [6.07, 6.45) is 0.236. The van der Waals surface area contributed by atoms with Crippen LogP contribution >= 0.6 is 0 Å². The molecule has 0 spiro atoms. The zero-order valence-electron chi connectivity index (χ0n) is 9.44. The van der Waals surface area contributed by atoms with Gasteiger partial charge in [-0.1, -0.05) is 0 Å². The van der Waals surface area contributed by atoms with Crippen LogP contribution in [0.3, 0.4) is 0 Å². The summed E-state index contributed by atoms with van der Waals surface area (Å²) >= 11 is 0. The van der Waals surface area contributed by atoms with Crippen LogP contribution < -0.4 is 4.90 Å². The van der Waals surface area contributed by atoms with Crippen LogP contribution in [-0.4, -0.2) is 25.5 Å². The fourth-order valence-corrected chi connectivity index (χ4v) is 1.37. The van der Waals surface area contributed by atoms with Crippen LogP contribution in [0.2, 0.25) is 0 Å². The fourth-order valence-electron chi connectivity index (χ4n) is 1.37. The highest BCUT2D eigenvalue weighted by atomic mass is 19.1. The molecule has 0 atom stereocenters. The van der Waals surface area contributed by atoms with Gasteiger partial charge in [0, 0.05) is 25.3 Å². The van der Waals surface area contributed by atoms with E-state index in [-0.39, 0.29) is 11.8 Å². The number of benzene rings is 1. The number of nitriles is 1. The summed E-state index contributed by atoms with van der Waals surface area (Å²) in [6, 6.07) is 5.33. The quantitative estimate of drug-likeness (QED) is 0.375. The molecule has 0 aliphatic rings. The molecule has 0 saturated carbocycles. The monoisotopic (exact) mass is 234 g/mol. The van der Waals surface area contributed by atoms with Gasteiger partial charge >= 0.3 is 0 Å². The number of carbonyl (C=O) groups is 1. The molecule has 1 rings (SSSR count). The summed E-state index contributed by atoms with van der Waals surface area (Å²) in [4.78, 5) is 12.2. The molecule has 0 amide bonds. The molecule has 0 aliphatic carbocycles. The van der Waals surface area contributed by atoms with Gasteiger partial charge in [-0.2, -0.15) is 5.26 Å². The zero-order valence-corrected chi connectivity index (χ0v) is 9.44. The average molecular weight is 234 g/mol. The zero-order chi connectivity index (χ0) is 13.0. The molecule has 0 aliphatic heterocycles. The van der Waals surface area contributed by atoms with E-state index in [1.165, 1.54) is 12.1 Å². The minimum Gasteiger partial charge on any atom is -0.506 e. The first-order valence-corrected chi connectivity index (χ1v) is 4.77. The molecule has 1 N–H and O–H groups in total. The third-order valence-corrected chi connectivity index (χ3v) is 2.19. The molecule has 0 heterocycles.